The second-order valence-corrected chi connectivity index (χ2v) is 11.7. The van der Waals surface area contributed by atoms with Crippen LogP contribution in [0.4, 0.5) is 10.1 Å². The summed E-state index contributed by atoms with van der Waals surface area (Å²) < 4.78 is 42.4. The first-order valence-electron chi connectivity index (χ1n) is 12.3. The summed E-state index contributed by atoms with van der Waals surface area (Å²) in [6.45, 7) is 12.2. The lowest BCUT2D eigenvalue weighted by molar-refractivity contribution is -0.0529. The molecule has 3 rings (SSSR count). The lowest BCUT2D eigenvalue weighted by atomic mass is 9.88. The Hall–Kier alpha value is -1.92. The van der Waals surface area contributed by atoms with Crippen LogP contribution in [-0.4, -0.2) is 22.7 Å². The molecule has 1 saturated carbocycles. The minimum atomic E-state index is -1.15. The zero-order chi connectivity index (χ0) is 25.0. The van der Waals surface area contributed by atoms with Gasteiger partial charge in [-0.1, -0.05) is 25.3 Å². The molecule has 1 fully saturated rings. The van der Waals surface area contributed by atoms with Crippen LogP contribution >= 0.6 is 0 Å². The molecular formula is C28H40FNO3S. The zero-order valence-electron chi connectivity index (χ0n) is 21.7. The fourth-order valence-corrected chi connectivity index (χ4v) is 6.38. The Morgan fingerprint density at radius 1 is 1.15 bits per heavy atom. The molecule has 0 aliphatic heterocycles. The van der Waals surface area contributed by atoms with E-state index in [0.29, 0.717) is 11.7 Å². The van der Waals surface area contributed by atoms with Gasteiger partial charge in [0, 0.05) is 11.4 Å². The van der Waals surface area contributed by atoms with Crippen LogP contribution in [-0.2, 0) is 15.7 Å². The minimum Gasteiger partial charge on any atom is -0.494 e. The first kappa shape index (κ1) is 26.7. The third kappa shape index (κ3) is 6.60. The summed E-state index contributed by atoms with van der Waals surface area (Å²) in [5.41, 5.74) is 5.15. The molecular weight excluding hydrogens is 449 g/mol. The molecule has 0 spiro atoms. The number of hydrogen-bond donors (Lipinski definition) is 1. The Morgan fingerprint density at radius 3 is 2.41 bits per heavy atom. The van der Waals surface area contributed by atoms with E-state index in [4.69, 9.17) is 9.47 Å². The highest BCUT2D eigenvalue weighted by atomic mass is 32.2. The highest BCUT2D eigenvalue weighted by Gasteiger charge is 2.25. The number of aryl methyl sites for hydroxylation is 1. The quantitative estimate of drug-likeness (QED) is 0.414. The Kier molecular flexibility index (Phi) is 8.80. The molecule has 0 radical (unpaired) electrons. The van der Waals surface area contributed by atoms with Crippen molar-refractivity contribution in [2.75, 3.05) is 17.6 Å². The first-order valence-corrected chi connectivity index (χ1v) is 13.6. The highest BCUT2D eigenvalue weighted by molar-refractivity contribution is 7.86. The summed E-state index contributed by atoms with van der Waals surface area (Å²) in [5.74, 6) is 1.01. The van der Waals surface area contributed by atoms with Crippen LogP contribution in [0.3, 0.4) is 0 Å². The molecule has 34 heavy (non-hydrogen) atoms. The van der Waals surface area contributed by atoms with Crippen LogP contribution in [0.15, 0.2) is 24.3 Å². The van der Waals surface area contributed by atoms with Crippen molar-refractivity contribution in [3.05, 3.63) is 46.8 Å². The smallest absolute Gasteiger partial charge is 0.165 e. The lowest BCUT2D eigenvalue weighted by Crippen LogP contribution is -2.23. The Labute approximate surface area is 207 Å². The fraction of sp³-hybridized carbons (Fsp3) is 0.571. The van der Waals surface area contributed by atoms with Crippen LogP contribution in [0.1, 0.15) is 82.6 Å². The van der Waals surface area contributed by atoms with Crippen LogP contribution < -0.4 is 9.46 Å². The van der Waals surface area contributed by atoms with E-state index in [1.807, 2.05) is 53.7 Å². The first-order chi connectivity index (χ1) is 16.0. The molecule has 0 amide bonds. The van der Waals surface area contributed by atoms with Crippen molar-refractivity contribution in [2.45, 2.75) is 85.4 Å². The topological polar surface area (TPSA) is 47.6 Å². The summed E-state index contributed by atoms with van der Waals surface area (Å²) in [4.78, 5) is 0. The number of benzene rings is 2. The highest BCUT2D eigenvalue weighted by Crippen LogP contribution is 2.41. The maximum atomic E-state index is 14.6. The standard InChI is InChI=1S/C28H40FNO3S/c1-18-15-24(30-34(31)17-21-11-9-8-10-12-21)19(2)27(20(3)33-28(4,5)6)26(18)22-13-14-25(32-7)23(29)16-22/h13-16,20-21,30H,8-12,17H2,1-7H3. The van der Waals surface area contributed by atoms with Gasteiger partial charge in [0.2, 0.25) is 0 Å². The predicted molar refractivity (Wildman–Crippen MR) is 140 cm³/mol. The molecule has 2 atom stereocenters. The van der Waals surface area contributed by atoms with Crippen molar-refractivity contribution in [3.63, 3.8) is 0 Å². The average molecular weight is 490 g/mol. The van der Waals surface area contributed by atoms with E-state index in [0.717, 1.165) is 46.3 Å². The van der Waals surface area contributed by atoms with Gasteiger partial charge in [0.1, 0.15) is 11.0 Å². The molecule has 0 aromatic heterocycles. The fourth-order valence-electron chi connectivity index (χ4n) is 5.08. The van der Waals surface area contributed by atoms with Crippen molar-refractivity contribution in [1.82, 2.24) is 0 Å². The van der Waals surface area contributed by atoms with Gasteiger partial charge in [0.05, 0.1) is 18.8 Å². The summed E-state index contributed by atoms with van der Waals surface area (Å²) in [6.07, 6.45) is 5.84. The van der Waals surface area contributed by atoms with Crippen LogP contribution in [0.5, 0.6) is 5.75 Å². The number of rotatable bonds is 8. The molecule has 6 heteroatoms. The third-order valence-electron chi connectivity index (χ3n) is 6.55. The number of hydrogen-bond acceptors (Lipinski definition) is 3. The Morgan fingerprint density at radius 2 is 1.82 bits per heavy atom. The van der Waals surface area contributed by atoms with E-state index in [1.165, 1.54) is 32.4 Å². The molecule has 188 valence electrons. The Balaban J connectivity index is 2.02. The molecule has 0 heterocycles. The molecule has 2 aromatic carbocycles. The van der Waals surface area contributed by atoms with Crippen molar-refractivity contribution in [3.8, 4) is 16.9 Å². The van der Waals surface area contributed by atoms with Crippen LogP contribution in [0, 0.1) is 25.6 Å². The largest absolute Gasteiger partial charge is 0.494 e. The van der Waals surface area contributed by atoms with Crippen molar-refractivity contribution >= 4 is 16.7 Å². The molecule has 0 saturated heterocycles. The van der Waals surface area contributed by atoms with E-state index in [1.54, 1.807) is 6.07 Å². The van der Waals surface area contributed by atoms with Crippen molar-refractivity contribution < 1.29 is 18.1 Å². The molecule has 1 aliphatic carbocycles. The minimum absolute atomic E-state index is 0.218. The number of anilines is 1. The second kappa shape index (κ2) is 11.2. The van der Waals surface area contributed by atoms with E-state index in [-0.39, 0.29) is 17.5 Å². The van der Waals surface area contributed by atoms with E-state index >= 15 is 0 Å². The third-order valence-corrected chi connectivity index (χ3v) is 7.77. The summed E-state index contributed by atoms with van der Waals surface area (Å²) in [7, 11) is 0.310. The number of nitrogens with one attached hydrogen (secondary N) is 1. The van der Waals surface area contributed by atoms with Gasteiger partial charge in [-0.3, -0.25) is 0 Å². The van der Waals surface area contributed by atoms with E-state index in [2.05, 4.69) is 4.72 Å². The van der Waals surface area contributed by atoms with Gasteiger partial charge in [-0.05, 0) is 106 Å². The van der Waals surface area contributed by atoms with E-state index in [9.17, 15) is 8.60 Å². The van der Waals surface area contributed by atoms with Gasteiger partial charge >= 0.3 is 0 Å². The van der Waals surface area contributed by atoms with Crippen molar-refractivity contribution in [1.29, 1.82) is 0 Å². The number of methoxy groups -OCH3 is 1. The van der Waals surface area contributed by atoms with Gasteiger partial charge in [-0.25, -0.2) is 8.60 Å². The molecule has 4 nitrogen and oxygen atoms in total. The number of ether oxygens (including phenoxy) is 2. The normalized spacial score (nSPS) is 16.8. The predicted octanol–water partition coefficient (Wildman–Crippen LogP) is 7.65. The summed E-state index contributed by atoms with van der Waals surface area (Å²) >= 11 is 0. The van der Waals surface area contributed by atoms with Crippen molar-refractivity contribution in [2.24, 2.45) is 5.92 Å². The average Bonchev–Trinajstić information content (AvgIpc) is 2.75. The number of halogens is 1. The Bertz CT molecular complexity index is 1030. The molecule has 2 unspecified atom stereocenters. The van der Waals surface area contributed by atoms with Gasteiger partial charge in [-0.15, -0.1) is 0 Å². The van der Waals surface area contributed by atoms with Gasteiger partial charge in [-0.2, -0.15) is 0 Å². The van der Waals surface area contributed by atoms with Gasteiger partial charge < -0.3 is 14.2 Å². The monoisotopic (exact) mass is 489 g/mol. The SMILES string of the molecule is COc1ccc(-c2c(C)cc(NS(=O)CC3CCCCC3)c(C)c2C(C)OC(C)(C)C)cc1F. The maximum Gasteiger partial charge on any atom is 0.165 e. The molecule has 2 aromatic rings. The molecule has 1 aliphatic rings. The zero-order valence-corrected chi connectivity index (χ0v) is 22.5. The van der Waals surface area contributed by atoms with Crippen LogP contribution in [0.2, 0.25) is 0 Å². The summed E-state index contributed by atoms with van der Waals surface area (Å²) in [5, 5.41) is 0. The molecule has 0 bridgehead atoms. The van der Waals surface area contributed by atoms with Gasteiger partial charge in [0.15, 0.2) is 11.6 Å². The lowest BCUT2D eigenvalue weighted by Gasteiger charge is -2.30. The maximum absolute atomic E-state index is 14.6. The second-order valence-electron chi connectivity index (χ2n) is 10.5. The van der Waals surface area contributed by atoms with E-state index < -0.39 is 16.8 Å². The summed E-state index contributed by atoms with van der Waals surface area (Å²) in [6, 6.07) is 7.08. The molecule has 1 N–H and O–H groups in total. The van der Waals surface area contributed by atoms with Gasteiger partial charge in [0.25, 0.3) is 0 Å². The van der Waals surface area contributed by atoms with Crippen LogP contribution in [0.25, 0.3) is 11.1 Å².